The van der Waals surface area contributed by atoms with Gasteiger partial charge >= 0.3 is 0 Å². The number of hydrogen-bond donors (Lipinski definition) is 0. The van der Waals surface area contributed by atoms with Crippen LogP contribution in [0.1, 0.15) is 0 Å². The lowest BCUT2D eigenvalue weighted by atomic mass is 10.2. The second-order valence-electron chi connectivity index (χ2n) is 3.66. The summed E-state index contributed by atoms with van der Waals surface area (Å²) in [6.07, 6.45) is 0. The van der Waals surface area contributed by atoms with Crippen LogP contribution in [0.25, 0.3) is 0 Å². The number of hydrazine groups is 1. The third-order valence-corrected chi connectivity index (χ3v) is 2.47. The number of non-ortho nitro benzene ring substituents is 1. The predicted octanol–water partition coefficient (Wildman–Crippen LogP) is 2.92. The van der Waals surface area contributed by atoms with E-state index in [1.54, 1.807) is 30.3 Å². The van der Waals surface area contributed by atoms with E-state index in [2.05, 4.69) is 0 Å². The highest BCUT2D eigenvalue weighted by Gasteiger charge is 2.20. The van der Waals surface area contributed by atoms with E-state index in [4.69, 9.17) is 0 Å². The van der Waals surface area contributed by atoms with Crippen molar-refractivity contribution in [2.45, 2.75) is 0 Å². The summed E-state index contributed by atoms with van der Waals surface area (Å²) in [5, 5.41) is 22.0. The Balaban J connectivity index is 2.40. The van der Waals surface area contributed by atoms with Gasteiger partial charge in [-0.25, -0.2) is 10.1 Å². The lowest BCUT2D eigenvalue weighted by Crippen LogP contribution is -2.24. The Labute approximate surface area is 108 Å². The highest BCUT2D eigenvalue weighted by Crippen LogP contribution is 2.26. The van der Waals surface area contributed by atoms with E-state index >= 15 is 0 Å². The maximum absolute atomic E-state index is 11.1. The van der Waals surface area contributed by atoms with Gasteiger partial charge in [0.25, 0.3) is 5.69 Å². The summed E-state index contributed by atoms with van der Waals surface area (Å²) in [4.78, 5) is 21.1. The van der Waals surface area contributed by atoms with Crippen molar-refractivity contribution in [3.8, 4) is 0 Å². The summed E-state index contributed by atoms with van der Waals surface area (Å²) >= 11 is 0. The first-order valence-corrected chi connectivity index (χ1v) is 5.33. The zero-order chi connectivity index (χ0) is 13.8. The fourth-order valence-corrected chi connectivity index (χ4v) is 1.62. The number of hydrogen-bond acceptors (Lipinski definition) is 4. The molecule has 0 atom stereocenters. The van der Waals surface area contributed by atoms with Crippen molar-refractivity contribution in [1.29, 1.82) is 0 Å². The Morgan fingerprint density at radius 2 is 1.32 bits per heavy atom. The molecule has 0 radical (unpaired) electrons. The van der Waals surface area contributed by atoms with Gasteiger partial charge in [-0.15, -0.1) is 0 Å². The van der Waals surface area contributed by atoms with Crippen molar-refractivity contribution in [3.05, 3.63) is 74.8 Å². The van der Waals surface area contributed by atoms with Gasteiger partial charge in [0.2, 0.25) is 0 Å². The highest BCUT2D eigenvalue weighted by atomic mass is 16.7. The van der Waals surface area contributed by atoms with E-state index in [0.29, 0.717) is 5.69 Å². The lowest BCUT2D eigenvalue weighted by molar-refractivity contribution is -0.483. The number of nitrogens with zero attached hydrogens (tertiary/aromatic N) is 3. The zero-order valence-corrected chi connectivity index (χ0v) is 9.67. The average Bonchev–Trinajstić information content (AvgIpc) is 2.40. The summed E-state index contributed by atoms with van der Waals surface area (Å²) in [5.41, 5.74) is 0.517. The highest BCUT2D eigenvalue weighted by molar-refractivity contribution is 5.61. The molecule has 0 unspecified atom stereocenters. The molecule has 0 fully saturated rings. The van der Waals surface area contributed by atoms with Crippen LogP contribution >= 0.6 is 0 Å². The average molecular weight is 259 g/mol. The molecule has 0 spiro atoms. The summed E-state index contributed by atoms with van der Waals surface area (Å²) in [6, 6.07) is 13.4. The Hall–Kier alpha value is -2.96. The van der Waals surface area contributed by atoms with Crippen LogP contribution in [0.5, 0.6) is 0 Å². The van der Waals surface area contributed by atoms with E-state index in [1.165, 1.54) is 24.3 Å². The summed E-state index contributed by atoms with van der Waals surface area (Å²) < 4.78 is 0. The Morgan fingerprint density at radius 3 is 1.79 bits per heavy atom. The van der Waals surface area contributed by atoms with Crippen molar-refractivity contribution in [3.63, 3.8) is 0 Å². The number of nitro groups is 2. The first-order chi connectivity index (χ1) is 9.09. The second-order valence-corrected chi connectivity index (χ2v) is 3.66. The van der Waals surface area contributed by atoms with Crippen LogP contribution in [-0.4, -0.2) is 9.96 Å². The van der Waals surface area contributed by atoms with E-state index in [1.807, 2.05) is 0 Å². The van der Waals surface area contributed by atoms with Gasteiger partial charge in [-0.1, -0.05) is 23.2 Å². The minimum Gasteiger partial charge on any atom is -0.258 e. The molecule has 0 N–H and O–H groups in total. The minimum atomic E-state index is -0.573. The Morgan fingerprint density at radius 1 is 0.789 bits per heavy atom. The van der Waals surface area contributed by atoms with Crippen LogP contribution in [-0.2, 0) is 0 Å². The first-order valence-electron chi connectivity index (χ1n) is 5.33. The number of benzene rings is 2. The molecule has 2 aromatic rings. The molecule has 0 heterocycles. The standard InChI is InChI=1S/C12H9N3O4/c16-14(17)12-8-6-11(7-9-12)13(15(18)19)10-4-2-1-3-5-10/h1-9H. The fourth-order valence-electron chi connectivity index (χ4n) is 1.62. The van der Waals surface area contributed by atoms with Crippen LogP contribution in [0.3, 0.4) is 0 Å². The van der Waals surface area contributed by atoms with Gasteiger partial charge in [0.1, 0.15) is 11.4 Å². The molecule has 19 heavy (non-hydrogen) atoms. The molecule has 0 aliphatic heterocycles. The van der Waals surface area contributed by atoms with E-state index in [9.17, 15) is 20.2 Å². The second kappa shape index (κ2) is 5.13. The molecule has 7 nitrogen and oxygen atoms in total. The topological polar surface area (TPSA) is 89.5 Å². The summed E-state index contributed by atoms with van der Waals surface area (Å²) in [7, 11) is 0. The van der Waals surface area contributed by atoms with Gasteiger partial charge in [0, 0.05) is 12.1 Å². The predicted molar refractivity (Wildman–Crippen MR) is 68.7 cm³/mol. The maximum Gasteiger partial charge on any atom is 0.269 e. The third kappa shape index (κ3) is 2.65. The molecule has 0 aliphatic rings. The van der Waals surface area contributed by atoms with Crippen molar-refractivity contribution in [2.75, 3.05) is 5.01 Å². The molecule has 0 amide bonds. The zero-order valence-electron chi connectivity index (χ0n) is 9.67. The molecule has 7 heteroatoms. The smallest absolute Gasteiger partial charge is 0.258 e. The monoisotopic (exact) mass is 259 g/mol. The SMILES string of the molecule is O=[N+]([O-])c1ccc(N(c2ccccc2)[N+](=O)[O-])cc1. The molecule has 2 aromatic carbocycles. The third-order valence-electron chi connectivity index (χ3n) is 2.47. The van der Waals surface area contributed by atoms with Gasteiger partial charge in [-0.2, -0.15) is 0 Å². The molecular weight excluding hydrogens is 250 g/mol. The molecule has 2 rings (SSSR count). The summed E-state index contributed by atoms with van der Waals surface area (Å²) in [5.74, 6) is 0. The van der Waals surface area contributed by atoms with E-state index < -0.39 is 9.96 Å². The number of anilines is 2. The normalized spacial score (nSPS) is 9.89. The Kier molecular flexibility index (Phi) is 3.37. The molecular formula is C12H9N3O4. The Bertz CT molecular complexity index is 598. The van der Waals surface area contributed by atoms with E-state index in [-0.39, 0.29) is 11.4 Å². The number of nitro benzene ring substituents is 1. The van der Waals surface area contributed by atoms with Crippen molar-refractivity contribution >= 4 is 17.1 Å². The molecule has 0 saturated carbocycles. The van der Waals surface area contributed by atoms with Gasteiger partial charge in [0.05, 0.1) is 4.92 Å². The quantitative estimate of drug-likeness (QED) is 0.622. The number of rotatable bonds is 4. The number of para-hydroxylation sites is 1. The first kappa shape index (κ1) is 12.5. The van der Waals surface area contributed by atoms with Gasteiger partial charge < -0.3 is 0 Å². The molecule has 96 valence electrons. The van der Waals surface area contributed by atoms with Crippen LogP contribution in [0.4, 0.5) is 17.1 Å². The minimum absolute atomic E-state index is 0.111. The van der Waals surface area contributed by atoms with Crippen LogP contribution in [0.15, 0.2) is 54.6 Å². The van der Waals surface area contributed by atoms with Gasteiger partial charge in [0.15, 0.2) is 5.03 Å². The molecule has 0 bridgehead atoms. The lowest BCUT2D eigenvalue weighted by Gasteiger charge is -2.13. The van der Waals surface area contributed by atoms with Crippen LogP contribution in [0.2, 0.25) is 0 Å². The van der Waals surface area contributed by atoms with Crippen LogP contribution < -0.4 is 5.01 Å². The summed E-state index contributed by atoms with van der Waals surface area (Å²) in [6.45, 7) is 0. The van der Waals surface area contributed by atoms with E-state index in [0.717, 1.165) is 5.01 Å². The van der Waals surface area contributed by atoms with Crippen molar-refractivity contribution in [2.24, 2.45) is 0 Å². The van der Waals surface area contributed by atoms with Gasteiger partial charge in [-0.3, -0.25) is 10.1 Å². The molecule has 0 aromatic heterocycles. The molecule has 0 saturated heterocycles. The fraction of sp³-hybridized carbons (Fsp3) is 0. The molecule has 0 aliphatic carbocycles. The van der Waals surface area contributed by atoms with Gasteiger partial charge in [-0.05, 0) is 24.3 Å². The van der Waals surface area contributed by atoms with Crippen molar-refractivity contribution < 1.29 is 9.96 Å². The van der Waals surface area contributed by atoms with Crippen molar-refractivity contribution in [1.82, 2.24) is 0 Å². The largest absolute Gasteiger partial charge is 0.269 e. The maximum atomic E-state index is 11.1. The van der Waals surface area contributed by atoms with Crippen LogP contribution in [0, 0.1) is 20.2 Å².